The molecular weight excluding hydrogens is 492 g/mol. The van der Waals surface area contributed by atoms with E-state index in [0.29, 0.717) is 22.8 Å². The summed E-state index contributed by atoms with van der Waals surface area (Å²) >= 11 is 0. The first kappa shape index (κ1) is 26.0. The van der Waals surface area contributed by atoms with Crippen LogP contribution in [0.1, 0.15) is 35.5 Å². The van der Waals surface area contributed by atoms with Crippen LogP contribution < -0.4 is 19.7 Å². The Morgan fingerprint density at radius 2 is 1.72 bits per heavy atom. The van der Waals surface area contributed by atoms with Gasteiger partial charge < -0.3 is 14.8 Å². The molecule has 0 saturated heterocycles. The Bertz CT molecular complexity index is 1490. The minimum absolute atomic E-state index is 0.192. The Balaban J connectivity index is 1.52. The average Bonchev–Trinajstić information content (AvgIpc) is 3.40. The fourth-order valence-electron chi connectivity index (χ4n) is 4.98. The molecule has 3 aromatic carbocycles. The third kappa shape index (κ3) is 4.85. The standard InChI is InChI=1S/C31H32N4O4/c1-5-21-10-14-24(15-11-21)35-29(36)27-18-26(22-12-16-25(38-3)17-13-22)33-34(27)20-31(35,2)30(37)32-19-23-8-6-7-9-28(23)39-4/h6-18H,5,19-20H2,1-4H3,(H,32,37)/t31-/m1/s1. The Hall–Kier alpha value is -4.59. The first-order valence-electron chi connectivity index (χ1n) is 12.9. The molecule has 39 heavy (non-hydrogen) atoms. The van der Waals surface area contributed by atoms with Crippen molar-refractivity contribution in [2.75, 3.05) is 19.1 Å². The number of hydrogen-bond acceptors (Lipinski definition) is 5. The van der Waals surface area contributed by atoms with Crippen molar-refractivity contribution in [2.45, 2.75) is 38.9 Å². The molecule has 2 amide bonds. The van der Waals surface area contributed by atoms with E-state index in [1.54, 1.807) is 36.8 Å². The van der Waals surface area contributed by atoms with E-state index in [4.69, 9.17) is 14.6 Å². The largest absolute Gasteiger partial charge is 0.497 e. The molecule has 0 unspecified atom stereocenters. The molecule has 5 rings (SSSR count). The number of para-hydroxylation sites is 1. The number of nitrogens with one attached hydrogen (secondary N) is 1. The molecule has 0 spiro atoms. The number of rotatable bonds is 8. The van der Waals surface area contributed by atoms with E-state index in [0.717, 1.165) is 28.9 Å². The van der Waals surface area contributed by atoms with Crippen molar-refractivity contribution in [1.82, 2.24) is 15.1 Å². The van der Waals surface area contributed by atoms with Gasteiger partial charge in [-0.1, -0.05) is 37.3 Å². The van der Waals surface area contributed by atoms with Crippen LogP contribution in [0.2, 0.25) is 0 Å². The van der Waals surface area contributed by atoms with Crippen LogP contribution in [0, 0.1) is 0 Å². The molecule has 1 atom stereocenters. The summed E-state index contributed by atoms with van der Waals surface area (Å²) in [5.41, 5.74) is 3.36. The molecule has 1 aliphatic rings. The number of carbonyl (C=O) groups is 2. The number of anilines is 1. The highest BCUT2D eigenvalue weighted by Gasteiger charge is 2.48. The summed E-state index contributed by atoms with van der Waals surface area (Å²) in [7, 11) is 3.22. The molecule has 8 heteroatoms. The van der Waals surface area contributed by atoms with Gasteiger partial charge in [0.1, 0.15) is 22.7 Å². The summed E-state index contributed by atoms with van der Waals surface area (Å²) in [4.78, 5) is 29.6. The second kappa shape index (κ2) is 10.6. The van der Waals surface area contributed by atoms with Crippen LogP contribution >= 0.6 is 0 Å². The van der Waals surface area contributed by atoms with Gasteiger partial charge >= 0.3 is 0 Å². The van der Waals surface area contributed by atoms with E-state index in [2.05, 4.69) is 12.2 Å². The van der Waals surface area contributed by atoms with Crippen molar-refractivity contribution in [3.05, 3.63) is 95.7 Å². The predicted octanol–water partition coefficient (Wildman–Crippen LogP) is 4.87. The Kier molecular flexibility index (Phi) is 7.11. The van der Waals surface area contributed by atoms with E-state index in [-0.39, 0.29) is 24.9 Å². The zero-order valence-corrected chi connectivity index (χ0v) is 22.6. The van der Waals surface area contributed by atoms with E-state index in [1.165, 1.54) is 0 Å². The number of aryl methyl sites for hydroxylation is 1. The molecule has 8 nitrogen and oxygen atoms in total. The monoisotopic (exact) mass is 524 g/mol. The van der Waals surface area contributed by atoms with Crippen LogP contribution in [0.4, 0.5) is 5.69 Å². The maximum Gasteiger partial charge on any atom is 0.277 e. The first-order chi connectivity index (χ1) is 18.9. The van der Waals surface area contributed by atoms with Crippen molar-refractivity contribution < 1.29 is 19.1 Å². The van der Waals surface area contributed by atoms with Gasteiger partial charge in [-0.25, -0.2) is 0 Å². The van der Waals surface area contributed by atoms with E-state index in [9.17, 15) is 9.59 Å². The summed E-state index contributed by atoms with van der Waals surface area (Å²) in [5, 5.41) is 7.78. The molecule has 4 aromatic rings. The molecule has 0 saturated carbocycles. The lowest BCUT2D eigenvalue weighted by atomic mass is 9.93. The molecule has 1 aromatic heterocycles. The van der Waals surface area contributed by atoms with Crippen molar-refractivity contribution in [3.8, 4) is 22.8 Å². The molecule has 1 N–H and O–H groups in total. The summed E-state index contributed by atoms with van der Waals surface area (Å²) < 4.78 is 12.4. The molecule has 0 fully saturated rings. The zero-order valence-electron chi connectivity index (χ0n) is 22.6. The number of fused-ring (bicyclic) bond motifs is 1. The topological polar surface area (TPSA) is 85.7 Å². The van der Waals surface area contributed by atoms with Gasteiger partial charge in [0.15, 0.2) is 0 Å². The number of carbonyl (C=O) groups excluding carboxylic acids is 2. The molecule has 2 heterocycles. The molecule has 200 valence electrons. The molecular formula is C31H32N4O4. The summed E-state index contributed by atoms with van der Waals surface area (Å²) in [6, 6.07) is 24.6. The molecule has 0 aliphatic carbocycles. The van der Waals surface area contributed by atoms with Crippen LogP contribution in [0.25, 0.3) is 11.3 Å². The number of hydrogen-bond donors (Lipinski definition) is 1. The molecule has 0 radical (unpaired) electrons. The van der Waals surface area contributed by atoms with Gasteiger partial charge in [0.05, 0.1) is 26.5 Å². The number of aromatic nitrogens is 2. The minimum atomic E-state index is -1.23. The lowest BCUT2D eigenvalue weighted by Gasteiger charge is -2.43. The minimum Gasteiger partial charge on any atom is -0.497 e. The Morgan fingerprint density at radius 1 is 1.00 bits per heavy atom. The smallest absolute Gasteiger partial charge is 0.277 e. The molecule has 1 aliphatic heterocycles. The summed E-state index contributed by atoms with van der Waals surface area (Å²) in [6.45, 7) is 4.32. The van der Waals surface area contributed by atoms with Crippen LogP contribution in [0.15, 0.2) is 78.9 Å². The second-order valence-corrected chi connectivity index (χ2v) is 9.73. The highest BCUT2D eigenvalue weighted by atomic mass is 16.5. The van der Waals surface area contributed by atoms with Gasteiger partial charge in [-0.2, -0.15) is 5.10 Å². The van der Waals surface area contributed by atoms with E-state index in [1.807, 2.05) is 72.8 Å². The lowest BCUT2D eigenvalue weighted by Crippen LogP contribution is -2.64. The van der Waals surface area contributed by atoms with Gasteiger partial charge in [-0.3, -0.25) is 19.2 Å². The zero-order chi connectivity index (χ0) is 27.6. The number of nitrogens with zero attached hydrogens (tertiary/aromatic N) is 3. The van der Waals surface area contributed by atoms with Crippen molar-refractivity contribution in [3.63, 3.8) is 0 Å². The lowest BCUT2D eigenvalue weighted by molar-refractivity contribution is -0.126. The van der Waals surface area contributed by atoms with Crippen molar-refractivity contribution >= 4 is 17.5 Å². The van der Waals surface area contributed by atoms with Crippen LogP contribution in [-0.4, -0.2) is 41.4 Å². The maximum atomic E-state index is 14.1. The highest BCUT2D eigenvalue weighted by Crippen LogP contribution is 2.35. The maximum absolute atomic E-state index is 14.1. The highest BCUT2D eigenvalue weighted by molar-refractivity contribution is 6.12. The van der Waals surface area contributed by atoms with Crippen LogP contribution in [0.5, 0.6) is 11.5 Å². The normalized spacial score (nSPS) is 16.5. The fraction of sp³-hybridized carbons (Fsp3) is 0.258. The Labute approximate surface area is 228 Å². The average molecular weight is 525 g/mol. The third-order valence-electron chi connectivity index (χ3n) is 7.26. The van der Waals surface area contributed by atoms with Crippen LogP contribution in [-0.2, 0) is 24.3 Å². The Morgan fingerprint density at radius 3 is 2.38 bits per heavy atom. The van der Waals surface area contributed by atoms with Gasteiger partial charge in [-0.15, -0.1) is 0 Å². The quantitative estimate of drug-likeness (QED) is 0.356. The van der Waals surface area contributed by atoms with Gasteiger partial charge in [0.25, 0.3) is 5.91 Å². The third-order valence-corrected chi connectivity index (χ3v) is 7.26. The first-order valence-corrected chi connectivity index (χ1v) is 12.9. The van der Waals surface area contributed by atoms with Gasteiger partial charge in [0.2, 0.25) is 5.91 Å². The van der Waals surface area contributed by atoms with Gasteiger partial charge in [-0.05, 0) is 67.4 Å². The number of amides is 2. The van der Waals surface area contributed by atoms with Crippen molar-refractivity contribution in [1.29, 1.82) is 0 Å². The SMILES string of the molecule is CCc1ccc(N2C(=O)c3cc(-c4ccc(OC)cc4)nn3C[C@]2(C)C(=O)NCc2ccccc2OC)cc1. The number of ether oxygens (including phenoxy) is 2. The van der Waals surface area contributed by atoms with Crippen LogP contribution in [0.3, 0.4) is 0 Å². The van der Waals surface area contributed by atoms with E-state index < -0.39 is 5.54 Å². The predicted molar refractivity (Wildman–Crippen MR) is 150 cm³/mol. The second-order valence-electron chi connectivity index (χ2n) is 9.73. The van der Waals surface area contributed by atoms with Gasteiger partial charge in [0, 0.05) is 23.4 Å². The molecule has 0 bridgehead atoms. The number of methoxy groups -OCH3 is 2. The summed E-state index contributed by atoms with van der Waals surface area (Å²) in [5.74, 6) is 0.856. The van der Waals surface area contributed by atoms with E-state index >= 15 is 0 Å². The fourth-order valence-corrected chi connectivity index (χ4v) is 4.98. The number of benzene rings is 3. The summed E-state index contributed by atoms with van der Waals surface area (Å²) in [6.07, 6.45) is 0.878. The van der Waals surface area contributed by atoms with Crippen molar-refractivity contribution in [2.24, 2.45) is 0 Å².